The van der Waals surface area contributed by atoms with Gasteiger partial charge in [-0.1, -0.05) is 17.2 Å². The van der Waals surface area contributed by atoms with Crippen molar-refractivity contribution in [2.24, 2.45) is 0 Å². The molecule has 0 bridgehead atoms. The minimum absolute atomic E-state index is 0.113. The van der Waals surface area contributed by atoms with E-state index in [0.717, 1.165) is 12.1 Å². The number of nitrogens with zero attached hydrogens (tertiary/aromatic N) is 2. The van der Waals surface area contributed by atoms with Crippen molar-refractivity contribution in [1.82, 2.24) is 10.2 Å². The summed E-state index contributed by atoms with van der Waals surface area (Å²) >= 11 is 0. The van der Waals surface area contributed by atoms with Gasteiger partial charge in [-0.05, 0) is 24.1 Å². The summed E-state index contributed by atoms with van der Waals surface area (Å²) < 4.78 is 5.06. The fourth-order valence-corrected chi connectivity index (χ4v) is 1.30. The lowest BCUT2D eigenvalue weighted by atomic mass is 10.1. The van der Waals surface area contributed by atoms with E-state index < -0.39 is 0 Å². The average molecular weight is 204 g/mol. The maximum Gasteiger partial charge on any atom is 0.312 e. The number of hydrogen-bond acceptors (Lipinski definition) is 5. The topological polar surface area (TPSA) is 91.0 Å². The van der Waals surface area contributed by atoms with Gasteiger partial charge in [-0.15, -0.1) is 5.10 Å². The molecular formula is C10H12N4O. The Hall–Kier alpha value is -2.04. The highest BCUT2D eigenvalue weighted by molar-refractivity contribution is 5.39. The van der Waals surface area contributed by atoms with Crippen LogP contribution in [0.3, 0.4) is 0 Å². The van der Waals surface area contributed by atoms with E-state index in [2.05, 4.69) is 10.2 Å². The highest BCUT2D eigenvalue weighted by Gasteiger charge is 2.02. The van der Waals surface area contributed by atoms with E-state index in [4.69, 9.17) is 15.9 Å². The molecule has 0 atom stereocenters. The van der Waals surface area contributed by atoms with Crippen molar-refractivity contribution in [2.45, 2.75) is 12.8 Å². The van der Waals surface area contributed by atoms with Crippen molar-refractivity contribution in [3.8, 4) is 0 Å². The largest absolute Gasteiger partial charge is 0.408 e. The zero-order valence-electron chi connectivity index (χ0n) is 8.18. The first-order valence-electron chi connectivity index (χ1n) is 4.66. The quantitative estimate of drug-likeness (QED) is 0.728. The molecule has 0 aliphatic rings. The van der Waals surface area contributed by atoms with E-state index in [0.29, 0.717) is 12.3 Å². The van der Waals surface area contributed by atoms with E-state index >= 15 is 0 Å². The lowest BCUT2D eigenvalue weighted by molar-refractivity contribution is 0.509. The van der Waals surface area contributed by atoms with Crippen LogP contribution in [0, 0.1) is 0 Å². The number of nitrogen functional groups attached to an aromatic ring is 2. The number of rotatable bonds is 3. The molecule has 78 valence electrons. The summed E-state index contributed by atoms with van der Waals surface area (Å²) in [6.45, 7) is 0. The van der Waals surface area contributed by atoms with Crippen molar-refractivity contribution < 1.29 is 4.42 Å². The molecule has 0 amide bonds. The van der Waals surface area contributed by atoms with Gasteiger partial charge in [0, 0.05) is 12.1 Å². The smallest absolute Gasteiger partial charge is 0.312 e. The first-order chi connectivity index (χ1) is 7.24. The molecule has 15 heavy (non-hydrogen) atoms. The Morgan fingerprint density at radius 3 is 2.33 bits per heavy atom. The van der Waals surface area contributed by atoms with Crippen LogP contribution < -0.4 is 11.5 Å². The molecule has 0 radical (unpaired) electrons. The van der Waals surface area contributed by atoms with Crippen molar-refractivity contribution in [3.63, 3.8) is 0 Å². The van der Waals surface area contributed by atoms with Crippen molar-refractivity contribution in [1.29, 1.82) is 0 Å². The molecule has 1 aromatic heterocycles. The van der Waals surface area contributed by atoms with Crippen LogP contribution in [0.1, 0.15) is 11.5 Å². The van der Waals surface area contributed by atoms with E-state index in [1.165, 1.54) is 5.56 Å². The molecule has 0 spiro atoms. The summed E-state index contributed by atoms with van der Waals surface area (Å²) in [5.41, 5.74) is 12.8. The Bertz CT molecular complexity index is 435. The minimum atomic E-state index is 0.113. The SMILES string of the molecule is Nc1ccc(CCc2nnc(N)o2)cc1. The maximum atomic E-state index is 5.58. The number of aryl methyl sites for hydroxylation is 2. The van der Waals surface area contributed by atoms with Gasteiger partial charge < -0.3 is 15.9 Å². The van der Waals surface area contributed by atoms with E-state index in [1.807, 2.05) is 24.3 Å². The molecule has 0 saturated carbocycles. The zero-order valence-corrected chi connectivity index (χ0v) is 8.18. The van der Waals surface area contributed by atoms with Crippen LogP contribution >= 0.6 is 0 Å². The Morgan fingerprint density at radius 1 is 1.00 bits per heavy atom. The number of hydrogen-bond donors (Lipinski definition) is 2. The molecule has 1 heterocycles. The molecule has 5 heteroatoms. The molecule has 4 N–H and O–H groups in total. The second-order valence-electron chi connectivity index (χ2n) is 3.28. The van der Waals surface area contributed by atoms with E-state index in [9.17, 15) is 0 Å². The number of benzene rings is 1. The number of aromatic nitrogens is 2. The third kappa shape index (κ3) is 2.46. The minimum Gasteiger partial charge on any atom is -0.408 e. The Labute approximate surface area is 87.1 Å². The molecule has 2 rings (SSSR count). The highest BCUT2D eigenvalue weighted by atomic mass is 16.4. The van der Waals surface area contributed by atoms with Gasteiger partial charge in [0.25, 0.3) is 0 Å². The van der Waals surface area contributed by atoms with Crippen LogP contribution in [-0.4, -0.2) is 10.2 Å². The molecular weight excluding hydrogens is 192 g/mol. The van der Waals surface area contributed by atoms with E-state index in [-0.39, 0.29) is 6.01 Å². The molecule has 0 fully saturated rings. The zero-order chi connectivity index (χ0) is 10.7. The fraction of sp³-hybridized carbons (Fsp3) is 0.200. The van der Waals surface area contributed by atoms with Crippen LogP contribution in [0.4, 0.5) is 11.7 Å². The van der Waals surface area contributed by atoms with Gasteiger partial charge in [0.1, 0.15) is 0 Å². The van der Waals surface area contributed by atoms with Crippen LogP contribution in [0.25, 0.3) is 0 Å². The molecule has 2 aromatic rings. The third-order valence-electron chi connectivity index (χ3n) is 2.09. The summed E-state index contributed by atoms with van der Waals surface area (Å²) in [7, 11) is 0. The van der Waals surface area contributed by atoms with Gasteiger partial charge in [0.15, 0.2) is 0 Å². The highest BCUT2D eigenvalue weighted by Crippen LogP contribution is 2.09. The summed E-state index contributed by atoms with van der Waals surface area (Å²) in [4.78, 5) is 0. The second-order valence-corrected chi connectivity index (χ2v) is 3.28. The Kier molecular flexibility index (Phi) is 2.53. The van der Waals surface area contributed by atoms with Gasteiger partial charge in [0.05, 0.1) is 0 Å². The Balaban J connectivity index is 1.96. The predicted molar refractivity (Wildman–Crippen MR) is 57.0 cm³/mol. The van der Waals surface area contributed by atoms with Gasteiger partial charge in [0.2, 0.25) is 5.89 Å². The third-order valence-corrected chi connectivity index (χ3v) is 2.09. The van der Waals surface area contributed by atoms with E-state index in [1.54, 1.807) is 0 Å². The summed E-state index contributed by atoms with van der Waals surface area (Å²) in [5.74, 6) is 0.560. The van der Waals surface area contributed by atoms with Crippen molar-refractivity contribution >= 4 is 11.7 Å². The predicted octanol–water partition coefficient (Wildman–Crippen LogP) is 1.02. The van der Waals surface area contributed by atoms with Crippen molar-refractivity contribution in [3.05, 3.63) is 35.7 Å². The Morgan fingerprint density at radius 2 is 1.73 bits per heavy atom. The molecule has 5 nitrogen and oxygen atoms in total. The second kappa shape index (κ2) is 4.00. The molecule has 0 saturated heterocycles. The molecule has 0 unspecified atom stereocenters. The van der Waals surface area contributed by atoms with Crippen LogP contribution in [0.5, 0.6) is 0 Å². The first-order valence-corrected chi connectivity index (χ1v) is 4.66. The van der Waals surface area contributed by atoms with Gasteiger partial charge in [-0.3, -0.25) is 0 Å². The summed E-state index contributed by atoms with van der Waals surface area (Å²) in [5, 5.41) is 7.37. The molecule has 0 aliphatic heterocycles. The normalized spacial score (nSPS) is 10.4. The van der Waals surface area contributed by atoms with Gasteiger partial charge in [-0.2, -0.15) is 0 Å². The summed E-state index contributed by atoms with van der Waals surface area (Å²) in [6.07, 6.45) is 1.52. The molecule has 0 aliphatic carbocycles. The van der Waals surface area contributed by atoms with Gasteiger partial charge >= 0.3 is 6.01 Å². The lowest BCUT2D eigenvalue weighted by Crippen LogP contribution is -1.92. The summed E-state index contributed by atoms with van der Waals surface area (Å²) in [6, 6.07) is 7.82. The number of anilines is 2. The van der Waals surface area contributed by atoms with Crippen LogP contribution in [-0.2, 0) is 12.8 Å². The van der Waals surface area contributed by atoms with Crippen LogP contribution in [0.2, 0.25) is 0 Å². The molecule has 1 aromatic carbocycles. The average Bonchev–Trinajstić information content (AvgIpc) is 2.64. The maximum absolute atomic E-state index is 5.58. The number of nitrogens with two attached hydrogens (primary N) is 2. The standard InChI is InChI=1S/C10H12N4O/c11-8-4-1-7(2-5-8)3-6-9-13-14-10(12)15-9/h1-2,4-5H,3,6,11H2,(H2,12,14). The monoisotopic (exact) mass is 204 g/mol. The first kappa shape index (κ1) is 9.51. The fourth-order valence-electron chi connectivity index (χ4n) is 1.30. The van der Waals surface area contributed by atoms with Crippen LogP contribution in [0.15, 0.2) is 28.7 Å². The lowest BCUT2D eigenvalue weighted by Gasteiger charge is -1.98. The van der Waals surface area contributed by atoms with Gasteiger partial charge in [-0.25, -0.2) is 0 Å². The van der Waals surface area contributed by atoms with Crippen molar-refractivity contribution in [2.75, 3.05) is 11.5 Å².